The smallest absolute Gasteiger partial charge is 0.255 e. The Labute approximate surface area is 134 Å². The number of methoxy groups -OCH3 is 1. The lowest BCUT2D eigenvalue weighted by atomic mass is 10.0. The van der Waals surface area contributed by atoms with Gasteiger partial charge in [0.2, 0.25) is 5.91 Å². The van der Waals surface area contributed by atoms with Crippen molar-refractivity contribution in [1.29, 1.82) is 0 Å². The van der Waals surface area contributed by atoms with E-state index in [1.807, 2.05) is 48.5 Å². The van der Waals surface area contributed by atoms with Crippen LogP contribution in [0.1, 0.15) is 33.9 Å². The lowest BCUT2D eigenvalue weighted by molar-refractivity contribution is -0.119. The lowest BCUT2D eigenvalue weighted by Crippen LogP contribution is -2.32. The SMILES string of the molecule is COc1cccc([C@H](CC(N)=O)N2Cc3ccccc3C2=O)c1. The first-order valence-electron chi connectivity index (χ1n) is 7.41. The molecule has 1 heterocycles. The average molecular weight is 310 g/mol. The van der Waals surface area contributed by atoms with Gasteiger partial charge in [-0.15, -0.1) is 0 Å². The molecule has 0 bridgehead atoms. The van der Waals surface area contributed by atoms with Crippen molar-refractivity contribution in [3.8, 4) is 5.75 Å². The number of amides is 2. The first-order valence-corrected chi connectivity index (χ1v) is 7.41. The lowest BCUT2D eigenvalue weighted by Gasteiger charge is -2.27. The Morgan fingerprint density at radius 1 is 1.26 bits per heavy atom. The Balaban J connectivity index is 1.97. The summed E-state index contributed by atoms with van der Waals surface area (Å²) in [7, 11) is 1.58. The van der Waals surface area contributed by atoms with Gasteiger partial charge in [0.15, 0.2) is 0 Å². The van der Waals surface area contributed by atoms with Gasteiger partial charge in [0.05, 0.1) is 19.6 Å². The minimum absolute atomic E-state index is 0.0744. The minimum atomic E-state index is -0.443. The average Bonchev–Trinajstić information content (AvgIpc) is 2.90. The summed E-state index contributed by atoms with van der Waals surface area (Å²) in [5.41, 5.74) is 7.90. The standard InChI is InChI=1S/C18H18N2O3/c1-23-14-7-4-6-12(9-14)16(10-17(19)21)20-11-13-5-2-3-8-15(13)18(20)22/h2-9,16H,10-11H2,1H3,(H2,19,21)/t16-/m0/s1. The van der Waals surface area contributed by atoms with Gasteiger partial charge in [-0.1, -0.05) is 30.3 Å². The number of ether oxygens (including phenoxy) is 1. The maximum Gasteiger partial charge on any atom is 0.255 e. The summed E-state index contributed by atoms with van der Waals surface area (Å²) in [6.07, 6.45) is 0.0763. The molecule has 0 aromatic heterocycles. The summed E-state index contributed by atoms with van der Waals surface area (Å²) in [5.74, 6) is 0.164. The zero-order valence-corrected chi connectivity index (χ0v) is 12.9. The molecule has 1 atom stereocenters. The van der Waals surface area contributed by atoms with E-state index in [4.69, 9.17) is 10.5 Å². The van der Waals surface area contributed by atoms with Crippen LogP contribution in [-0.2, 0) is 11.3 Å². The van der Waals surface area contributed by atoms with E-state index >= 15 is 0 Å². The number of carbonyl (C=O) groups is 2. The summed E-state index contributed by atoms with van der Waals surface area (Å²) in [6.45, 7) is 0.476. The van der Waals surface area contributed by atoms with Gasteiger partial charge in [0.1, 0.15) is 5.75 Å². The fourth-order valence-electron chi connectivity index (χ4n) is 2.98. The summed E-state index contributed by atoms with van der Waals surface area (Å²) >= 11 is 0. The summed E-state index contributed by atoms with van der Waals surface area (Å²) in [4.78, 5) is 25.9. The molecule has 1 aliphatic heterocycles. The fourth-order valence-corrected chi connectivity index (χ4v) is 2.98. The molecule has 2 N–H and O–H groups in total. The predicted octanol–water partition coefficient (Wildman–Crippen LogP) is 2.27. The van der Waals surface area contributed by atoms with Crippen molar-refractivity contribution in [2.24, 2.45) is 5.73 Å². The number of nitrogens with two attached hydrogens (primary N) is 1. The fraction of sp³-hybridized carbons (Fsp3) is 0.222. The van der Waals surface area contributed by atoms with Crippen molar-refractivity contribution in [2.45, 2.75) is 19.0 Å². The van der Waals surface area contributed by atoms with Crippen molar-refractivity contribution in [1.82, 2.24) is 4.90 Å². The van der Waals surface area contributed by atoms with Crippen molar-refractivity contribution in [3.63, 3.8) is 0 Å². The van der Waals surface area contributed by atoms with Gasteiger partial charge in [-0.25, -0.2) is 0 Å². The molecule has 0 saturated heterocycles. The molecule has 1 aliphatic rings. The van der Waals surface area contributed by atoms with Gasteiger partial charge in [-0.3, -0.25) is 9.59 Å². The Hall–Kier alpha value is -2.82. The van der Waals surface area contributed by atoms with Crippen LogP contribution >= 0.6 is 0 Å². The molecular formula is C18H18N2O3. The number of fused-ring (bicyclic) bond motifs is 1. The van der Waals surface area contributed by atoms with E-state index in [9.17, 15) is 9.59 Å². The molecule has 0 aliphatic carbocycles. The van der Waals surface area contributed by atoms with Crippen molar-refractivity contribution >= 4 is 11.8 Å². The highest BCUT2D eigenvalue weighted by atomic mass is 16.5. The van der Waals surface area contributed by atoms with E-state index in [1.54, 1.807) is 12.0 Å². The third-order valence-corrected chi connectivity index (χ3v) is 4.10. The molecule has 5 nitrogen and oxygen atoms in total. The summed E-state index contributed by atoms with van der Waals surface area (Å²) in [6, 6.07) is 14.5. The van der Waals surface area contributed by atoms with E-state index in [-0.39, 0.29) is 12.3 Å². The zero-order chi connectivity index (χ0) is 16.4. The molecule has 0 unspecified atom stereocenters. The molecule has 118 valence electrons. The van der Waals surface area contributed by atoms with Crippen LogP contribution in [0.15, 0.2) is 48.5 Å². The molecule has 2 amide bonds. The van der Waals surface area contributed by atoms with Crippen LogP contribution in [0.25, 0.3) is 0 Å². The van der Waals surface area contributed by atoms with E-state index in [0.29, 0.717) is 17.9 Å². The van der Waals surface area contributed by atoms with Crippen LogP contribution in [0, 0.1) is 0 Å². The first kappa shape index (κ1) is 15.1. The molecule has 2 aromatic carbocycles. The second-order valence-corrected chi connectivity index (χ2v) is 5.55. The topological polar surface area (TPSA) is 72.6 Å². The number of rotatable bonds is 5. The molecular weight excluding hydrogens is 292 g/mol. The third kappa shape index (κ3) is 2.90. The zero-order valence-electron chi connectivity index (χ0n) is 12.9. The molecule has 0 saturated carbocycles. The minimum Gasteiger partial charge on any atom is -0.497 e. The molecule has 0 radical (unpaired) electrons. The number of carbonyl (C=O) groups excluding carboxylic acids is 2. The number of benzene rings is 2. The maximum atomic E-state index is 12.7. The maximum absolute atomic E-state index is 12.7. The Kier molecular flexibility index (Phi) is 4.02. The van der Waals surface area contributed by atoms with Crippen LogP contribution < -0.4 is 10.5 Å². The van der Waals surface area contributed by atoms with Crippen molar-refractivity contribution < 1.29 is 14.3 Å². The van der Waals surface area contributed by atoms with Gasteiger partial charge < -0.3 is 15.4 Å². The van der Waals surface area contributed by atoms with Crippen molar-refractivity contribution in [3.05, 3.63) is 65.2 Å². The van der Waals surface area contributed by atoms with Crippen LogP contribution in [0.3, 0.4) is 0 Å². The monoisotopic (exact) mass is 310 g/mol. The first-order chi connectivity index (χ1) is 11.1. The van der Waals surface area contributed by atoms with Gasteiger partial charge in [0.25, 0.3) is 5.91 Å². The summed E-state index contributed by atoms with van der Waals surface area (Å²) in [5, 5.41) is 0. The Bertz CT molecular complexity index is 757. The van der Waals surface area contributed by atoms with Gasteiger partial charge in [-0.05, 0) is 29.3 Å². The number of primary amides is 1. The van der Waals surface area contributed by atoms with Gasteiger partial charge >= 0.3 is 0 Å². The molecule has 3 rings (SSSR count). The second-order valence-electron chi connectivity index (χ2n) is 5.55. The van der Waals surface area contributed by atoms with E-state index < -0.39 is 11.9 Å². The molecule has 0 fully saturated rings. The Morgan fingerprint density at radius 2 is 2.04 bits per heavy atom. The molecule has 2 aromatic rings. The normalized spacial score (nSPS) is 14.5. The number of hydrogen-bond acceptors (Lipinski definition) is 3. The third-order valence-electron chi connectivity index (χ3n) is 4.10. The number of nitrogens with zero attached hydrogens (tertiary/aromatic N) is 1. The van der Waals surface area contributed by atoms with E-state index in [0.717, 1.165) is 11.1 Å². The highest BCUT2D eigenvalue weighted by Gasteiger charge is 2.34. The van der Waals surface area contributed by atoms with Crippen molar-refractivity contribution in [2.75, 3.05) is 7.11 Å². The predicted molar refractivity (Wildman–Crippen MR) is 85.9 cm³/mol. The summed E-state index contributed by atoms with van der Waals surface area (Å²) < 4.78 is 5.24. The molecule has 5 heteroatoms. The Morgan fingerprint density at radius 3 is 2.74 bits per heavy atom. The van der Waals surface area contributed by atoms with E-state index in [1.165, 1.54) is 0 Å². The van der Waals surface area contributed by atoms with Crippen LogP contribution in [-0.4, -0.2) is 23.8 Å². The van der Waals surface area contributed by atoms with Crippen LogP contribution in [0.2, 0.25) is 0 Å². The highest BCUT2D eigenvalue weighted by molar-refractivity contribution is 5.98. The van der Waals surface area contributed by atoms with E-state index in [2.05, 4.69) is 0 Å². The molecule has 23 heavy (non-hydrogen) atoms. The molecule has 0 spiro atoms. The number of hydrogen-bond donors (Lipinski definition) is 1. The quantitative estimate of drug-likeness (QED) is 0.920. The van der Waals surface area contributed by atoms with Crippen LogP contribution in [0.5, 0.6) is 5.75 Å². The van der Waals surface area contributed by atoms with Gasteiger partial charge in [0, 0.05) is 12.1 Å². The largest absolute Gasteiger partial charge is 0.497 e. The second kappa shape index (κ2) is 6.12. The van der Waals surface area contributed by atoms with Crippen LogP contribution in [0.4, 0.5) is 0 Å². The van der Waals surface area contributed by atoms with Gasteiger partial charge in [-0.2, -0.15) is 0 Å². The highest BCUT2D eigenvalue weighted by Crippen LogP contribution is 2.34.